The van der Waals surface area contributed by atoms with Crippen LogP contribution in [0.4, 0.5) is 5.13 Å². The molecule has 4 heteroatoms. The molecule has 1 rings (SSSR count). The van der Waals surface area contributed by atoms with E-state index in [2.05, 4.69) is 26.2 Å². The Balaban J connectivity index is 3.08. The summed E-state index contributed by atoms with van der Waals surface area (Å²) in [5.74, 6) is 0. The van der Waals surface area contributed by atoms with Crippen LogP contribution in [0.15, 0.2) is 3.79 Å². The van der Waals surface area contributed by atoms with Crippen molar-refractivity contribution >= 4 is 32.4 Å². The third-order valence-electron chi connectivity index (χ3n) is 0.800. The summed E-state index contributed by atoms with van der Waals surface area (Å²) in [6, 6.07) is 0. The zero-order valence-corrected chi connectivity index (χ0v) is 7.14. The van der Waals surface area contributed by atoms with Crippen molar-refractivity contribution in [2.45, 2.75) is 6.85 Å². The third-order valence-corrected chi connectivity index (χ3v) is 2.52. The van der Waals surface area contributed by atoms with E-state index in [9.17, 15) is 0 Å². The Hall–Kier alpha value is -0.0900. The number of hydrogen-bond acceptors (Lipinski definition) is 3. The maximum atomic E-state index is 7.12. The molecule has 0 atom stereocenters. The molecule has 0 aliphatic heterocycles. The fourth-order valence-corrected chi connectivity index (χ4v) is 1.51. The Morgan fingerprint density at radius 1 is 1.89 bits per heavy atom. The van der Waals surface area contributed by atoms with Gasteiger partial charge in [-0.1, -0.05) is 11.3 Å². The standard InChI is InChI=1S/C5H7BrN2S/c1-3-4(6)9-5(7-2)8-3/h1-2H3,(H,7,8)/i1D3. The van der Waals surface area contributed by atoms with Crippen molar-refractivity contribution in [3.05, 3.63) is 9.48 Å². The van der Waals surface area contributed by atoms with Gasteiger partial charge in [0.2, 0.25) is 0 Å². The van der Waals surface area contributed by atoms with Crippen molar-refractivity contribution in [2.75, 3.05) is 12.4 Å². The number of thiazole rings is 1. The van der Waals surface area contributed by atoms with Crippen LogP contribution in [0.25, 0.3) is 0 Å². The van der Waals surface area contributed by atoms with Crippen LogP contribution in [0.2, 0.25) is 0 Å². The SMILES string of the molecule is [2H]C([2H])([2H])c1nc(NC)sc1Br. The number of anilines is 1. The van der Waals surface area contributed by atoms with E-state index >= 15 is 0 Å². The molecule has 0 unspecified atom stereocenters. The molecule has 1 N–H and O–H groups in total. The summed E-state index contributed by atoms with van der Waals surface area (Å²) < 4.78 is 21.9. The average molecular weight is 210 g/mol. The van der Waals surface area contributed by atoms with E-state index in [1.807, 2.05) is 0 Å². The lowest BCUT2D eigenvalue weighted by molar-refractivity contribution is 1.24. The molecule has 0 saturated carbocycles. The van der Waals surface area contributed by atoms with Gasteiger partial charge in [0.05, 0.1) is 9.48 Å². The molecule has 0 aromatic carbocycles. The van der Waals surface area contributed by atoms with E-state index in [0.717, 1.165) is 0 Å². The smallest absolute Gasteiger partial charge is 0.183 e. The van der Waals surface area contributed by atoms with Gasteiger partial charge in [0.1, 0.15) is 0 Å². The van der Waals surface area contributed by atoms with Gasteiger partial charge in [0, 0.05) is 11.2 Å². The zero-order chi connectivity index (χ0) is 9.35. The minimum atomic E-state index is -2.13. The summed E-state index contributed by atoms with van der Waals surface area (Å²) in [6.07, 6.45) is 0. The maximum absolute atomic E-state index is 7.12. The van der Waals surface area contributed by atoms with Crippen molar-refractivity contribution in [3.8, 4) is 0 Å². The lowest BCUT2D eigenvalue weighted by Gasteiger charge is -1.85. The average Bonchev–Trinajstić information content (AvgIpc) is 2.29. The molecule has 1 aromatic rings. The fourth-order valence-electron chi connectivity index (χ4n) is 0.408. The highest BCUT2D eigenvalue weighted by molar-refractivity contribution is 9.11. The van der Waals surface area contributed by atoms with Gasteiger partial charge in [-0.2, -0.15) is 0 Å². The number of aryl methyl sites for hydroxylation is 1. The summed E-state index contributed by atoms with van der Waals surface area (Å²) in [5.41, 5.74) is 0.122. The number of rotatable bonds is 1. The predicted molar refractivity (Wildman–Crippen MR) is 44.1 cm³/mol. The Morgan fingerprint density at radius 3 is 3.00 bits per heavy atom. The van der Waals surface area contributed by atoms with Crippen molar-refractivity contribution < 1.29 is 4.11 Å². The molecule has 9 heavy (non-hydrogen) atoms. The van der Waals surface area contributed by atoms with Crippen LogP contribution >= 0.6 is 27.3 Å². The number of nitrogens with one attached hydrogen (secondary N) is 1. The number of nitrogens with zero attached hydrogens (tertiary/aromatic N) is 1. The van der Waals surface area contributed by atoms with Crippen LogP contribution in [0, 0.1) is 6.85 Å². The fraction of sp³-hybridized carbons (Fsp3) is 0.400. The van der Waals surface area contributed by atoms with Gasteiger partial charge in [-0.3, -0.25) is 0 Å². The second-order valence-corrected chi connectivity index (χ2v) is 3.71. The first-order valence-electron chi connectivity index (χ1n) is 3.79. The molecule has 0 saturated heterocycles. The number of halogens is 1. The minimum Gasteiger partial charge on any atom is -0.365 e. The monoisotopic (exact) mass is 209 g/mol. The van der Waals surface area contributed by atoms with E-state index in [1.54, 1.807) is 7.05 Å². The summed E-state index contributed by atoms with van der Waals surface area (Å²) in [7, 11) is 1.70. The third kappa shape index (κ3) is 1.43. The molecular weight excluding hydrogens is 200 g/mol. The quantitative estimate of drug-likeness (QED) is 0.768. The van der Waals surface area contributed by atoms with Crippen molar-refractivity contribution in [1.29, 1.82) is 0 Å². The van der Waals surface area contributed by atoms with Gasteiger partial charge in [-0.15, -0.1) is 0 Å². The Morgan fingerprint density at radius 2 is 2.67 bits per heavy atom. The van der Waals surface area contributed by atoms with E-state index in [0.29, 0.717) is 8.92 Å². The van der Waals surface area contributed by atoms with Gasteiger partial charge in [0.25, 0.3) is 0 Å². The van der Waals surface area contributed by atoms with Gasteiger partial charge in [0.15, 0.2) is 5.13 Å². The first-order valence-corrected chi connectivity index (χ1v) is 3.90. The molecule has 0 aliphatic rings. The first-order chi connectivity index (χ1) is 5.45. The molecule has 0 radical (unpaired) electrons. The normalized spacial score (nSPS) is 16.0. The molecule has 0 fully saturated rings. The van der Waals surface area contributed by atoms with E-state index in [-0.39, 0.29) is 5.69 Å². The van der Waals surface area contributed by atoms with Crippen molar-refractivity contribution in [2.24, 2.45) is 0 Å². The molecule has 1 aromatic heterocycles. The lowest BCUT2D eigenvalue weighted by Crippen LogP contribution is -1.84. The number of aromatic nitrogens is 1. The van der Waals surface area contributed by atoms with Gasteiger partial charge >= 0.3 is 0 Å². The molecular formula is C5H7BrN2S. The maximum Gasteiger partial charge on any atom is 0.183 e. The van der Waals surface area contributed by atoms with Crippen LogP contribution in [0.5, 0.6) is 0 Å². The summed E-state index contributed by atoms with van der Waals surface area (Å²) in [5, 5.41) is 3.39. The highest BCUT2D eigenvalue weighted by atomic mass is 79.9. The van der Waals surface area contributed by atoms with Crippen LogP contribution in [-0.4, -0.2) is 12.0 Å². The second-order valence-electron chi connectivity index (χ2n) is 1.39. The molecule has 0 bridgehead atoms. The highest BCUT2D eigenvalue weighted by Gasteiger charge is 2.00. The highest BCUT2D eigenvalue weighted by Crippen LogP contribution is 2.26. The first kappa shape index (κ1) is 3.93. The van der Waals surface area contributed by atoms with E-state index in [1.165, 1.54) is 11.3 Å². The topological polar surface area (TPSA) is 24.9 Å². The Kier molecular flexibility index (Phi) is 1.16. The predicted octanol–water partition coefficient (Wildman–Crippen LogP) is 2.26. The van der Waals surface area contributed by atoms with E-state index in [4.69, 9.17) is 4.11 Å². The lowest BCUT2D eigenvalue weighted by atomic mass is 10.6. The van der Waals surface area contributed by atoms with Crippen LogP contribution in [-0.2, 0) is 0 Å². The molecule has 50 valence electrons. The van der Waals surface area contributed by atoms with E-state index < -0.39 is 6.85 Å². The Labute approximate surface area is 70.7 Å². The van der Waals surface area contributed by atoms with Crippen molar-refractivity contribution in [1.82, 2.24) is 4.98 Å². The zero-order valence-electron chi connectivity index (χ0n) is 7.73. The summed E-state index contributed by atoms with van der Waals surface area (Å²) in [4.78, 5) is 3.90. The summed E-state index contributed by atoms with van der Waals surface area (Å²) >= 11 is 4.43. The van der Waals surface area contributed by atoms with Crippen LogP contribution < -0.4 is 5.32 Å². The minimum absolute atomic E-state index is 0.122. The van der Waals surface area contributed by atoms with Crippen LogP contribution in [0.3, 0.4) is 0 Å². The molecule has 0 amide bonds. The van der Waals surface area contributed by atoms with Gasteiger partial charge in [-0.05, 0) is 22.8 Å². The molecule has 2 nitrogen and oxygen atoms in total. The van der Waals surface area contributed by atoms with Crippen molar-refractivity contribution in [3.63, 3.8) is 0 Å². The van der Waals surface area contributed by atoms with Gasteiger partial charge in [-0.25, -0.2) is 4.98 Å². The number of hydrogen-bond donors (Lipinski definition) is 1. The molecule has 0 aliphatic carbocycles. The van der Waals surface area contributed by atoms with Crippen LogP contribution in [0.1, 0.15) is 9.81 Å². The Bertz CT molecular complexity index is 283. The summed E-state index contributed by atoms with van der Waals surface area (Å²) in [6.45, 7) is -2.13. The molecule has 1 heterocycles. The second kappa shape index (κ2) is 2.66. The molecule has 0 spiro atoms. The largest absolute Gasteiger partial charge is 0.365 e. The van der Waals surface area contributed by atoms with Gasteiger partial charge < -0.3 is 5.32 Å².